The molecular formula is C26H20Br2Cl2N2O3. The van der Waals surface area contributed by atoms with E-state index in [4.69, 9.17) is 32.7 Å². The van der Waals surface area contributed by atoms with Crippen LogP contribution < -0.4 is 14.8 Å². The predicted molar refractivity (Wildman–Crippen MR) is 147 cm³/mol. The van der Waals surface area contributed by atoms with Gasteiger partial charge in [0, 0.05) is 30.2 Å². The first-order chi connectivity index (χ1) is 16.7. The van der Waals surface area contributed by atoms with Crippen LogP contribution in [0, 0.1) is 18.3 Å². The highest BCUT2D eigenvalue weighted by Crippen LogP contribution is 2.36. The van der Waals surface area contributed by atoms with Crippen molar-refractivity contribution in [2.24, 2.45) is 0 Å². The molecular weight excluding hydrogens is 619 g/mol. The lowest BCUT2D eigenvalue weighted by Crippen LogP contribution is -2.13. The summed E-state index contributed by atoms with van der Waals surface area (Å²) in [6.45, 7) is 4.37. The molecule has 0 aromatic heterocycles. The van der Waals surface area contributed by atoms with E-state index in [0.717, 1.165) is 15.6 Å². The van der Waals surface area contributed by atoms with Gasteiger partial charge < -0.3 is 14.8 Å². The average molecular weight is 639 g/mol. The molecule has 0 unspecified atom stereocenters. The minimum atomic E-state index is -0.517. The van der Waals surface area contributed by atoms with Crippen molar-refractivity contribution in [3.05, 3.63) is 89.8 Å². The summed E-state index contributed by atoms with van der Waals surface area (Å²) >= 11 is 19.1. The molecule has 0 aliphatic rings. The number of hydrogen-bond donors (Lipinski definition) is 1. The van der Waals surface area contributed by atoms with E-state index in [2.05, 4.69) is 37.2 Å². The van der Waals surface area contributed by atoms with Gasteiger partial charge in [-0.3, -0.25) is 4.79 Å². The molecule has 0 bridgehead atoms. The number of rotatable bonds is 8. The van der Waals surface area contributed by atoms with E-state index in [1.54, 1.807) is 36.4 Å². The minimum absolute atomic E-state index is 0.0599. The Bertz CT molecular complexity index is 1340. The van der Waals surface area contributed by atoms with Gasteiger partial charge in [0.2, 0.25) is 0 Å². The van der Waals surface area contributed by atoms with Crippen molar-refractivity contribution in [3.63, 3.8) is 0 Å². The molecule has 0 saturated carbocycles. The zero-order valence-electron chi connectivity index (χ0n) is 18.8. The van der Waals surface area contributed by atoms with E-state index in [1.165, 1.54) is 6.08 Å². The van der Waals surface area contributed by atoms with Crippen molar-refractivity contribution in [3.8, 4) is 17.6 Å². The topological polar surface area (TPSA) is 71.3 Å². The summed E-state index contributed by atoms with van der Waals surface area (Å²) in [7, 11) is 0. The molecule has 0 atom stereocenters. The van der Waals surface area contributed by atoms with Crippen LogP contribution in [0.4, 0.5) is 5.69 Å². The molecule has 0 radical (unpaired) electrons. The number of halogens is 4. The van der Waals surface area contributed by atoms with E-state index in [0.29, 0.717) is 43.9 Å². The van der Waals surface area contributed by atoms with Gasteiger partial charge in [-0.1, -0.05) is 61.1 Å². The lowest BCUT2D eigenvalue weighted by molar-refractivity contribution is -0.112. The standard InChI is InChI=1S/C26H20Br2Cl2N2O3/c1-3-34-24-10-17(9-18(13-31)26(33)32-20-6-7-21(27)15(2)8-20)22(28)12-25(24)35-14-16-4-5-19(29)11-23(16)30/h4-12H,3,14H2,1-2H3,(H,32,33)/b18-9+. The normalized spacial score (nSPS) is 11.1. The van der Waals surface area contributed by atoms with Crippen molar-refractivity contribution < 1.29 is 14.3 Å². The lowest BCUT2D eigenvalue weighted by Gasteiger charge is -2.15. The molecule has 0 aliphatic heterocycles. The Kier molecular flexibility index (Phi) is 9.64. The van der Waals surface area contributed by atoms with E-state index in [1.807, 2.05) is 32.0 Å². The summed E-state index contributed by atoms with van der Waals surface area (Å²) in [6, 6.07) is 16.0. The van der Waals surface area contributed by atoms with Crippen LogP contribution in [-0.2, 0) is 11.4 Å². The van der Waals surface area contributed by atoms with Crippen LogP contribution in [0.15, 0.2) is 63.0 Å². The van der Waals surface area contributed by atoms with Gasteiger partial charge >= 0.3 is 0 Å². The van der Waals surface area contributed by atoms with E-state index in [-0.39, 0.29) is 12.2 Å². The fourth-order valence-corrected chi connectivity index (χ4v) is 4.21. The highest BCUT2D eigenvalue weighted by Gasteiger charge is 2.15. The maximum atomic E-state index is 12.7. The molecule has 0 saturated heterocycles. The third-order valence-corrected chi connectivity index (χ3v) is 7.01. The second-order valence-corrected chi connectivity index (χ2v) is 9.92. The van der Waals surface area contributed by atoms with Gasteiger partial charge in [0.15, 0.2) is 11.5 Å². The van der Waals surface area contributed by atoms with E-state index >= 15 is 0 Å². The molecule has 0 heterocycles. The summed E-state index contributed by atoms with van der Waals surface area (Å²) < 4.78 is 13.3. The number of carbonyl (C=O) groups excluding carboxylic acids is 1. The quantitative estimate of drug-likeness (QED) is 0.199. The lowest BCUT2D eigenvalue weighted by atomic mass is 10.1. The number of hydrogen-bond acceptors (Lipinski definition) is 4. The van der Waals surface area contributed by atoms with Gasteiger partial charge in [-0.05, 0) is 73.5 Å². The Morgan fingerprint density at radius 2 is 1.80 bits per heavy atom. The fourth-order valence-electron chi connectivity index (χ4n) is 3.06. The molecule has 3 rings (SSSR count). The third kappa shape index (κ3) is 7.25. The Hall–Kier alpha value is -2.50. The van der Waals surface area contributed by atoms with Crippen LogP contribution in [0.25, 0.3) is 6.08 Å². The van der Waals surface area contributed by atoms with Gasteiger partial charge in [0.25, 0.3) is 5.91 Å². The maximum Gasteiger partial charge on any atom is 0.266 e. The molecule has 9 heteroatoms. The molecule has 1 N–H and O–H groups in total. The molecule has 0 spiro atoms. The van der Waals surface area contributed by atoms with Gasteiger partial charge in [-0.15, -0.1) is 0 Å². The second-order valence-electron chi connectivity index (χ2n) is 7.37. The zero-order chi connectivity index (χ0) is 25.5. The average Bonchev–Trinajstić information content (AvgIpc) is 2.81. The molecule has 0 fully saturated rings. The first-order valence-corrected chi connectivity index (χ1v) is 12.8. The number of ether oxygens (including phenoxy) is 2. The predicted octanol–water partition coefficient (Wildman–Crippen LogP) is 8.35. The van der Waals surface area contributed by atoms with Gasteiger partial charge in [0.1, 0.15) is 18.2 Å². The largest absolute Gasteiger partial charge is 0.490 e. The highest BCUT2D eigenvalue weighted by atomic mass is 79.9. The zero-order valence-corrected chi connectivity index (χ0v) is 23.5. The Morgan fingerprint density at radius 1 is 1.06 bits per heavy atom. The van der Waals surface area contributed by atoms with Crippen LogP contribution in [-0.4, -0.2) is 12.5 Å². The molecule has 3 aromatic carbocycles. The number of carbonyl (C=O) groups is 1. The van der Waals surface area contributed by atoms with Crippen LogP contribution in [0.2, 0.25) is 10.0 Å². The number of nitrogens with zero attached hydrogens (tertiary/aromatic N) is 1. The Balaban J connectivity index is 1.86. The first kappa shape index (κ1) is 27.1. The molecule has 180 valence electrons. The second kappa shape index (κ2) is 12.5. The number of benzene rings is 3. The van der Waals surface area contributed by atoms with Gasteiger partial charge in [-0.2, -0.15) is 5.26 Å². The molecule has 0 aliphatic carbocycles. The first-order valence-electron chi connectivity index (χ1n) is 10.4. The van der Waals surface area contributed by atoms with Crippen LogP contribution in [0.5, 0.6) is 11.5 Å². The van der Waals surface area contributed by atoms with E-state index in [9.17, 15) is 10.1 Å². The molecule has 1 amide bonds. The Labute approximate surface area is 230 Å². The highest BCUT2D eigenvalue weighted by molar-refractivity contribution is 9.10. The van der Waals surface area contributed by atoms with Crippen molar-refractivity contribution >= 4 is 72.7 Å². The molecule has 3 aromatic rings. The number of anilines is 1. The monoisotopic (exact) mass is 636 g/mol. The summed E-state index contributed by atoms with van der Waals surface area (Å²) in [6.07, 6.45) is 1.49. The van der Waals surface area contributed by atoms with Crippen molar-refractivity contribution in [1.82, 2.24) is 0 Å². The summed E-state index contributed by atoms with van der Waals surface area (Å²) in [5, 5.41) is 13.4. The molecule has 5 nitrogen and oxygen atoms in total. The van der Waals surface area contributed by atoms with Gasteiger partial charge in [0.05, 0.1) is 6.61 Å². The van der Waals surface area contributed by atoms with Crippen molar-refractivity contribution in [2.45, 2.75) is 20.5 Å². The maximum absolute atomic E-state index is 12.7. The van der Waals surface area contributed by atoms with Gasteiger partial charge in [-0.25, -0.2) is 0 Å². The third-order valence-electron chi connectivity index (χ3n) is 4.84. The SMILES string of the molecule is CCOc1cc(/C=C(\C#N)C(=O)Nc2ccc(Br)c(C)c2)c(Br)cc1OCc1ccc(Cl)cc1Cl. The van der Waals surface area contributed by atoms with Crippen LogP contribution in [0.3, 0.4) is 0 Å². The number of amides is 1. The smallest absolute Gasteiger partial charge is 0.266 e. The molecule has 35 heavy (non-hydrogen) atoms. The van der Waals surface area contributed by atoms with Crippen LogP contribution in [0.1, 0.15) is 23.6 Å². The summed E-state index contributed by atoms with van der Waals surface area (Å²) in [5.41, 5.74) is 2.85. The fraction of sp³-hybridized carbons (Fsp3) is 0.154. The minimum Gasteiger partial charge on any atom is -0.490 e. The van der Waals surface area contributed by atoms with Crippen molar-refractivity contribution in [1.29, 1.82) is 5.26 Å². The summed E-state index contributed by atoms with van der Waals surface area (Å²) in [4.78, 5) is 12.7. The van der Waals surface area contributed by atoms with Crippen molar-refractivity contribution in [2.75, 3.05) is 11.9 Å². The van der Waals surface area contributed by atoms with E-state index < -0.39 is 5.91 Å². The number of nitrogens with one attached hydrogen (secondary N) is 1. The number of nitriles is 1. The number of aryl methyl sites for hydroxylation is 1. The van der Waals surface area contributed by atoms with Crippen LogP contribution >= 0.6 is 55.1 Å². The summed E-state index contributed by atoms with van der Waals surface area (Å²) in [5.74, 6) is 0.431. The Morgan fingerprint density at radius 3 is 2.46 bits per heavy atom.